The predicted molar refractivity (Wildman–Crippen MR) is 66.7 cm³/mol. The fraction of sp³-hybridized carbons (Fsp3) is 0.286. The van der Waals surface area contributed by atoms with E-state index < -0.39 is 0 Å². The van der Waals surface area contributed by atoms with E-state index in [1.165, 1.54) is 5.56 Å². The van der Waals surface area contributed by atoms with Gasteiger partial charge in [-0.15, -0.1) is 13.2 Å². The van der Waals surface area contributed by atoms with Gasteiger partial charge in [-0.05, 0) is 25.3 Å². The number of nitrogens with two attached hydrogens (primary N) is 1. The second-order valence-electron chi connectivity index (χ2n) is 4.01. The first-order chi connectivity index (χ1) is 7.12. The Balaban J connectivity index is 0.00000225. The summed E-state index contributed by atoms with van der Waals surface area (Å²) in [5.74, 6) is 0. The van der Waals surface area contributed by atoms with Crippen molar-refractivity contribution in [2.24, 2.45) is 5.73 Å². The van der Waals surface area contributed by atoms with Gasteiger partial charge < -0.3 is 18.1 Å². The van der Waals surface area contributed by atoms with E-state index in [4.69, 9.17) is 5.73 Å². The molecule has 0 aromatic heterocycles. The van der Waals surface area contributed by atoms with Crippen molar-refractivity contribution in [3.05, 3.63) is 60.7 Å². The third-order valence-electron chi connectivity index (χ3n) is 2.61. The zero-order chi connectivity index (χ0) is 11.3. The van der Waals surface area contributed by atoms with Crippen LogP contribution in [-0.2, 0) is 5.54 Å². The number of benzene rings is 1. The van der Waals surface area contributed by atoms with Crippen LogP contribution in [0.4, 0.5) is 0 Å². The molecule has 1 rings (SSSR count). The molecule has 0 aliphatic carbocycles. The summed E-state index contributed by atoms with van der Waals surface area (Å²) in [4.78, 5) is 0. The van der Waals surface area contributed by atoms with Gasteiger partial charge in [-0.1, -0.05) is 42.0 Å². The number of halogens is 1. The van der Waals surface area contributed by atoms with Gasteiger partial charge in [0, 0.05) is 5.54 Å². The minimum Gasteiger partial charge on any atom is -1.00 e. The van der Waals surface area contributed by atoms with E-state index in [0.29, 0.717) is 0 Å². The van der Waals surface area contributed by atoms with Gasteiger partial charge in [-0.25, -0.2) is 0 Å². The summed E-state index contributed by atoms with van der Waals surface area (Å²) in [6.45, 7) is 9.60. The maximum atomic E-state index is 6.37. The number of rotatable bonds is 5. The molecule has 16 heavy (non-hydrogen) atoms. The molecule has 0 heterocycles. The van der Waals surface area contributed by atoms with Crippen LogP contribution in [0.5, 0.6) is 0 Å². The molecule has 1 aromatic rings. The molecule has 2 heteroatoms. The SMILES string of the molecule is C=CCC(N)(CC=C)c1cccc(C)c1.[Cl-]. The zero-order valence-corrected chi connectivity index (χ0v) is 10.5. The maximum Gasteiger partial charge on any atom is 0.0479 e. The van der Waals surface area contributed by atoms with Gasteiger partial charge in [0.05, 0.1) is 0 Å². The van der Waals surface area contributed by atoms with Crippen molar-refractivity contribution in [2.75, 3.05) is 0 Å². The Labute approximate surface area is 104 Å². The van der Waals surface area contributed by atoms with E-state index in [2.05, 4.69) is 38.3 Å². The molecule has 0 saturated heterocycles. The Morgan fingerprint density at radius 2 is 1.81 bits per heavy atom. The highest BCUT2D eigenvalue weighted by molar-refractivity contribution is 5.30. The Bertz CT molecular complexity index is 348. The Morgan fingerprint density at radius 1 is 1.25 bits per heavy atom. The van der Waals surface area contributed by atoms with Crippen LogP contribution in [0.25, 0.3) is 0 Å². The van der Waals surface area contributed by atoms with Gasteiger partial charge >= 0.3 is 0 Å². The third-order valence-corrected chi connectivity index (χ3v) is 2.61. The summed E-state index contributed by atoms with van der Waals surface area (Å²) in [5.41, 5.74) is 8.40. The molecular formula is C14H19ClN-. The molecule has 0 fully saturated rings. The third kappa shape index (κ3) is 3.51. The molecule has 0 radical (unpaired) electrons. The normalized spacial score (nSPS) is 10.4. The largest absolute Gasteiger partial charge is 1.00 e. The monoisotopic (exact) mass is 236 g/mol. The summed E-state index contributed by atoms with van der Waals surface area (Å²) < 4.78 is 0. The minimum absolute atomic E-state index is 0. The van der Waals surface area contributed by atoms with Gasteiger partial charge in [0.15, 0.2) is 0 Å². The first-order valence-corrected chi connectivity index (χ1v) is 5.20. The molecule has 1 nitrogen and oxygen atoms in total. The zero-order valence-electron chi connectivity index (χ0n) is 9.75. The quantitative estimate of drug-likeness (QED) is 0.732. The second kappa shape index (κ2) is 6.51. The standard InChI is InChI=1S/C14H19N.ClH/c1-4-9-14(15,10-5-2)13-8-6-7-12(3)11-13;/h4-8,11H,1-2,9-10,15H2,3H3;1H/p-1. The van der Waals surface area contributed by atoms with E-state index in [1.54, 1.807) is 0 Å². The minimum atomic E-state index is -0.352. The van der Waals surface area contributed by atoms with Crippen LogP contribution in [0.1, 0.15) is 24.0 Å². The number of aryl methyl sites for hydroxylation is 1. The Morgan fingerprint density at radius 3 is 2.25 bits per heavy atom. The van der Waals surface area contributed by atoms with Crippen molar-refractivity contribution in [1.82, 2.24) is 0 Å². The summed E-state index contributed by atoms with van der Waals surface area (Å²) in [6.07, 6.45) is 5.27. The first kappa shape index (κ1) is 14.9. The summed E-state index contributed by atoms with van der Waals surface area (Å²) in [7, 11) is 0. The van der Waals surface area contributed by atoms with E-state index in [9.17, 15) is 0 Å². The Hall–Kier alpha value is -1.05. The lowest BCUT2D eigenvalue weighted by molar-refractivity contribution is -0.00000352. The molecule has 2 N–H and O–H groups in total. The van der Waals surface area contributed by atoms with Crippen molar-refractivity contribution in [2.45, 2.75) is 25.3 Å². The smallest absolute Gasteiger partial charge is 0.0479 e. The number of hydrogen-bond acceptors (Lipinski definition) is 1. The average molecular weight is 237 g/mol. The van der Waals surface area contributed by atoms with Crippen LogP contribution in [0.2, 0.25) is 0 Å². The van der Waals surface area contributed by atoms with Gasteiger partial charge in [0.1, 0.15) is 0 Å². The van der Waals surface area contributed by atoms with Crippen LogP contribution < -0.4 is 18.1 Å². The molecule has 0 aliphatic heterocycles. The van der Waals surface area contributed by atoms with E-state index in [-0.39, 0.29) is 17.9 Å². The van der Waals surface area contributed by atoms with Crippen LogP contribution in [0.3, 0.4) is 0 Å². The summed E-state index contributed by atoms with van der Waals surface area (Å²) in [5, 5.41) is 0. The molecule has 0 atom stereocenters. The molecule has 0 unspecified atom stereocenters. The molecule has 0 saturated carbocycles. The molecule has 88 valence electrons. The predicted octanol–water partition coefficient (Wildman–Crippen LogP) is 0.305. The van der Waals surface area contributed by atoms with Crippen molar-refractivity contribution in [3.8, 4) is 0 Å². The van der Waals surface area contributed by atoms with Crippen molar-refractivity contribution in [1.29, 1.82) is 0 Å². The lowest BCUT2D eigenvalue weighted by Gasteiger charge is -2.28. The number of hydrogen-bond donors (Lipinski definition) is 1. The fourth-order valence-electron chi connectivity index (χ4n) is 1.79. The summed E-state index contributed by atoms with van der Waals surface area (Å²) >= 11 is 0. The van der Waals surface area contributed by atoms with Crippen molar-refractivity contribution < 1.29 is 12.4 Å². The first-order valence-electron chi connectivity index (χ1n) is 5.20. The Kier molecular flexibility index (Phi) is 6.09. The molecule has 0 spiro atoms. The van der Waals surface area contributed by atoms with Crippen LogP contribution in [0.15, 0.2) is 49.6 Å². The van der Waals surface area contributed by atoms with Gasteiger partial charge in [0.2, 0.25) is 0 Å². The molecule has 0 bridgehead atoms. The van der Waals surface area contributed by atoms with Crippen LogP contribution in [-0.4, -0.2) is 0 Å². The summed E-state index contributed by atoms with van der Waals surface area (Å²) in [6, 6.07) is 8.32. The van der Waals surface area contributed by atoms with Crippen LogP contribution >= 0.6 is 0 Å². The van der Waals surface area contributed by atoms with Gasteiger partial charge in [-0.3, -0.25) is 0 Å². The average Bonchev–Trinajstić information content (AvgIpc) is 2.18. The highest BCUT2D eigenvalue weighted by Gasteiger charge is 2.23. The molecule has 0 aliphatic rings. The molecular weight excluding hydrogens is 218 g/mol. The van der Waals surface area contributed by atoms with E-state index in [1.807, 2.05) is 18.2 Å². The van der Waals surface area contributed by atoms with Gasteiger partial charge in [-0.2, -0.15) is 0 Å². The fourth-order valence-corrected chi connectivity index (χ4v) is 1.79. The highest BCUT2D eigenvalue weighted by atomic mass is 35.5. The van der Waals surface area contributed by atoms with E-state index >= 15 is 0 Å². The topological polar surface area (TPSA) is 26.0 Å². The lowest BCUT2D eigenvalue weighted by atomic mass is 9.84. The maximum absolute atomic E-state index is 6.37. The van der Waals surface area contributed by atoms with Crippen molar-refractivity contribution in [3.63, 3.8) is 0 Å². The molecule has 0 amide bonds. The second-order valence-corrected chi connectivity index (χ2v) is 4.01. The highest BCUT2D eigenvalue weighted by Crippen LogP contribution is 2.27. The van der Waals surface area contributed by atoms with Gasteiger partial charge in [0.25, 0.3) is 0 Å². The van der Waals surface area contributed by atoms with Crippen LogP contribution in [0, 0.1) is 6.92 Å². The lowest BCUT2D eigenvalue weighted by Crippen LogP contribution is -3.00. The molecule has 1 aromatic carbocycles. The van der Waals surface area contributed by atoms with Crippen molar-refractivity contribution >= 4 is 0 Å². The van der Waals surface area contributed by atoms with E-state index in [0.717, 1.165) is 18.4 Å².